The van der Waals surface area contributed by atoms with E-state index in [2.05, 4.69) is 26.1 Å². The van der Waals surface area contributed by atoms with Crippen LogP contribution in [-0.2, 0) is 0 Å². The van der Waals surface area contributed by atoms with Crippen LogP contribution in [0.3, 0.4) is 0 Å². The molecule has 0 atom stereocenters. The van der Waals surface area contributed by atoms with Crippen molar-refractivity contribution in [1.82, 2.24) is 0 Å². The molecular formula is C14H23N3O. The lowest BCUT2D eigenvalue weighted by atomic mass is 9.89. The van der Waals surface area contributed by atoms with Crippen LogP contribution in [0.1, 0.15) is 50.4 Å². The largest absolute Gasteiger partial charge is 0.396 e. The third kappa shape index (κ3) is 2.75. The molecule has 0 aliphatic rings. The number of carbonyl (C=O) groups is 1. The molecule has 0 saturated carbocycles. The predicted molar refractivity (Wildman–Crippen MR) is 76.6 cm³/mol. The fourth-order valence-electron chi connectivity index (χ4n) is 2.19. The molecular weight excluding hydrogens is 226 g/mol. The summed E-state index contributed by atoms with van der Waals surface area (Å²) in [6, 6.07) is 5.33. The molecule has 0 aromatic heterocycles. The van der Waals surface area contributed by atoms with Crippen LogP contribution in [0.4, 0.5) is 11.4 Å². The van der Waals surface area contributed by atoms with Gasteiger partial charge in [-0.3, -0.25) is 4.79 Å². The van der Waals surface area contributed by atoms with E-state index in [0.717, 1.165) is 24.9 Å². The first-order valence-corrected chi connectivity index (χ1v) is 6.46. The molecule has 0 spiro atoms. The van der Waals surface area contributed by atoms with Crippen LogP contribution in [0.2, 0.25) is 0 Å². The Bertz CT molecular complexity index is 417. The van der Waals surface area contributed by atoms with Gasteiger partial charge in [0, 0.05) is 5.54 Å². The van der Waals surface area contributed by atoms with E-state index < -0.39 is 5.91 Å². The molecule has 0 aliphatic heterocycles. The lowest BCUT2D eigenvalue weighted by Gasteiger charge is -2.33. The number of rotatable bonds is 6. The van der Waals surface area contributed by atoms with Gasteiger partial charge in [-0.2, -0.15) is 0 Å². The Morgan fingerprint density at radius 3 is 2.22 bits per heavy atom. The zero-order valence-electron chi connectivity index (χ0n) is 11.4. The zero-order valence-corrected chi connectivity index (χ0v) is 11.4. The maximum Gasteiger partial charge on any atom is 0.250 e. The van der Waals surface area contributed by atoms with E-state index in [1.165, 1.54) is 0 Å². The number of nitrogens with two attached hydrogens (primary N) is 2. The van der Waals surface area contributed by atoms with E-state index in [1.807, 2.05) is 6.07 Å². The van der Waals surface area contributed by atoms with Gasteiger partial charge in [0.15, 0.2) is 0 Å². The zero-order chi connectivity index (χ0) is 13.8. The van der Waals surface area contributed by atoms with Crippen molar-refractivity contribution in [2.45, 2.75) is 45.6 Å². The maximum absolute atomic E-state index is 11.3. The van der Waals surface area contributed by atoms with Crippen molar-refractivity contribution in [2.24, 2.45) is 5.73 Å². The van der Waals surface area contributed by atoms with E-state index in [-0.39, 0.29) is 5.54 Å². The first-order valence-electron chi connectivity index (χ1n) is 6.46. The fraction of sp³-hybridized carbons (Fsp3) is 0.500. The summed E-state index contributed by atoms with van der Waals surface area (Å²) in [7, 11) is 0. The molecule has 0 unspecified atom stereocenters. The van der Waals surface area contributed by atoms with Gasteiger partial charge in [0.05, 0.1) is 16.9 Å². The Balaban J connectivity index is 3.11. The Morgan fingerprint density at radius 1 is 1.22 bits per heavy atom. The van der Waals surface area contributed by atoms with E-state index in [0.29, 0.717) is 11.3 Å². The van der Waals surface area contributed by atoms with Crippen molar-refractivity contribution in [1.29, 1.82) is 0 Å². The number of nitrogen functional groups attached to an aromatic ring is 1. The summed E-state index contributed by atoms with van der Waals surface area (Å²) in [4.78, 5) is 11.3. The molecule has 0 radical (unpaired) electrons. The van der Waals surface area contributed by atoms with Gasteiger partial charge in [-0.15, -0.1) is 0 Å². The van der Waals surface area contributed by atoms with Crippen molar-refractivity contribution < 1.29 is 4.79 Å². The normalized spacial score (nSPS) is 11.3. The predicted octanol–water partition coefficient (Wildman–Crippen LogP) is 2.75. The number of nitrogens with one attached hydrogen (secondary N) is 1. The van der Waals surface area contributed by atoms with Crippen LogP contribution < -0.4 is 16.8 Å². The standard InChI is InChI=1S/C14H23N3O/c1-4-14(5-2,6-3)17-11-9-7-8-10(12(11)15)13(16)18/h7-9,17H,4-6,15H2,1-3H3,(H2,16,18). The minimum atomic E-state index is -0.494. The maximum atomic E-state index is 11.3. The second kappa shape index (κ2) is 5.76. The summed E-state index contributed by atoms with van der Waals surface area (Å²) >= 11 is 0. The van der Waals surface area contributed by atoms with Crippen LogP contribution in [0.15, 0.2) is 18.2 Å². The number of hydrogen-bond acceptors (Lipinski definition) is 3. The second-order valence-electron chi connectivity index (χ2n) is 4.60. The monoisotopic (exact) mass is 249 g/mol. The number of hydrogen-bond donors (Lipinski definition) is 3. The lowest BCUT2D eigenvalue weighted by molar-refractivity contribution is 0.100. The molecule has 1 aromatic rings. The Kier molecular flexibility index (Phi) is 4.59. The minimum absolute atomic E-state index is 0.0182. The average molecular weight is 249 g/mol. The summed E-state index contributed by atoms with van der Waals surface area (Å²) in [6.45, 7) is 6.44. The van der Waals surface area contributed by atoms with Gasteiger partial charge >= 0.3 is 0 Å². The highest BCUT2D eigenvalue weighted by molar-refractivity contribution is 6.00. The SMILES string of the molecule is CCC(CC)(CC)Nc1cccc(C(N)=O)c1N. The molecule has 1 aromatic carbocycles. The molecule has 100 valence electrons. The molecule has 1 rings (SSSR count). The number of benzene rings is 1. The number of anilines is 2. The number of amides is 1. The van der Waals surface area contributed by atoms with Crippen molar-refractivity contribution in [3.05, 3.63) is 23.8 Å². The first-order chi connectivity index (χ1) is 8.49. The van der Waals surface area contributed by atoms with Gasteiger partial charge in [0.1, 0.15) is 0 Å². The van der Waals surface area contributed by atoms with Gasteiger partial charge in [-0.1, -0.05) is 26.8 Å². The Labute approximate surface area is 109 Å². The highest BCUT2D eigenvalue weighted by Crippen LogP contribution is 2.30. The van der Waals surface area contributed by atoms with Crippen LogP contribution in [0.5, 0.6) is 0 Å². The molecule has 18 heavy (non-hydrogen) atoms. The van der Waals surface area contributed by atoms with Crippen molar-refractivity contribution in [2.75, 3.05) is 11.1 Å². The minimum Gasteiger partial charge on any atom is -0.396 e. The number of carbonyl (C=O) groups excluding carboxylic acids is 1. The second-order valence-corrected chi connectivity index (χ2v) is 4.60. The summed E-state index contributed by atoms with van der Waals surface area (Å²) in [5, 5.41) is 3.47. The molecule has 4 nitrogen and oxygen atoms in total. The van der Waals surface area contributed by atoms with Crippen molar-refractivity contribution in [3.63, 3.8) is 0 Å². The fourth-order valence-corrected chi connectivity index (χ4v) is 2.19. The topological polar surface area (TPSA) is 81.1 Å². The highest BCUT2D eigenvalue weighted by atomic mass is 16.1. The molecule has 0 saturated heterocycles. The molecule has 5 N–H and O–H groups in total. The van der Waals surface area contributed by atoms with E-state index in [4.69, 9.17) is 11.5 Å². The van der Waals surface area contributed by atoms with Crippen molar-refractivity contribution >= 4 is 17.3 Å². The van der Waals surface area contributed by atoms with Crippen LogP contribution >= 0.6 is 0 Å². The summed E-state index contributed by atoms with van der Waals surface area (Å²) in [5.74, 6) is -0.494. The summed E-state index contributed by atoms with van der Waals surface area (Å²) in [6.07, 6.45) is 3.00. The smallest absolute Gasteiger partial charge is 0.250 e. The average Bonchev–Trinajstić information content (AvgIpc) is 2.38. The Morgan fingerprint density at radius 2 is 1.78 bits per heavy atom. The van der Waals surface area contributed by atoms with E-state index >= 15 is 0 Å². The van der Waals surface area contributed by atoms with E-state index in [1.54, 1.807) is 12.1 Å². The van der Waals surface area contributed by atoms with Crippen LogP contribution in [0.25, 0.3) is 0 Å². The molecule has 0 aliphatic carbocycles. The third-order valence-electron chi connectivity index (χ3n) is 3.80. The third-order valence-corrected chi connectivity index (χ3v) is 3.80. The lowest BCUT2D eigenvalue weighted by Crippen LogP contribution is -2.36. The summed E-state index contributed by atoms with van der Waals surface area (Å²) < 4.78 is 0. The van der Waals surface area contributed by atoms with Gasteiger partial charge in [-0.25, -0.2) is 0 Å². The van der Waals surface area contributed by atoms with Crippen LogP contribution in [-0.4, -0.2) is 11.4 Å². The molecule has 4 heteroatoms. The van der Waals surface area contributed by atoms with Gasteiger partial charge < -0.3 is 16.8 Å². The van der Waals surface area contributed by atoms with E-state index in [9.17, 15) is 4.79 Å². The van der Waals surface area contributed by atoms with Crippen LogP contribution in [0, 0.1) is 0 Å². The molecule has 1 amide bonds. The Hall–Kier alpha value is -1.71. The van der Waals surface area contributed by atoms with Gasteiger partial charge in [0.2, 0.25) is 0 Å². The van der Waals surface area contributed by atoms with Gasteiger partial charge in [-0.05, 0) is 31.4 Å². The number of para-hydroxylation sites is 1. The summed E-state index contributed by atoms with van der Waals surface area (Å²) in [5.41, 5.74) is 12.9. The number of primary amides is 1. The highest BCUT2D eigenvalue weighted by Gasteiger charge is 2.24. The quantitative estimate of drug-likeness (QED) is 0.678. The first kappa shape index (κ1) is 14.4. The molecule has 0 bridgehead atoms. The van der Waals surface area contributed by atoms with Crippen molar-refractivity contribution in [3.8, 4) is 0 Å². The molecule has 0 fully saturated rings. The van der Waals surface area contributed by atoms with Gasteiger partial charge in [0.25, 0.3) is 5.91 Å². The molecule has 0 heterocycles.